The predicted molar refractivity (Wildman–Crippen MR) is 107 cm³/mol. The van der Waals surface area contributed by atoms with Gasteiger partial charge >= 0.3 is 5.97 Å². The summed E-state index contributed by atoms with van der Waals surface area (Å²) < 4.78 is 22.6. The summed E-state index contributed by atoms with van der Waals surface area (Å²) in [6.07, 6.45) is -0.00160. The van der Waals surface area contributed by atoms with Gasteiger partial charge < -0.3 is 29.1 Å². The van der Waals surface area contributed by atoms with Crippen molar-refractivity contribution in [2.24, 2.45) is 0 Å². The Kier molecular flexibility index (Phi) is 8.64. The van der Waals surface area contributed by atoms with Crippen molar-refractivity contribution < 1.29 is 33.3 Å². The van der Waals surface area contributed by atoms with E-state index in [4.69, 9.17) is 13.9 Å². The minimum atomic E-state index is -2.14. The van der Waals surface area contributed by atoms with Crippen LogP contribution in [0.2, 0.25) is 18.1 Å². The van der Waals surface area contributed by atoms with Gasteiger partial charge in [0.05, 0.1) is 39.0 Å². The molecule has 28 heavy (non-hydrogen) atoms. The summed E-state index contributed by atoms with van der Waals surface area (Å²) >= 11 is 0. The van der Waals surface area contributed by atoms with E-state index in [2.05, 4.69) is 43.9 Å². The molecule has 0 aromatic heterocycles. The maximum absolute atomic E-state index is 12.5. The van der Waals surface area contributed by atoms with Crippen molar-refractivity contribution in [3.8, 4) is 0 Å². The molecule has 0 saturated carbocycles. The van der Waals surface area contributed by atoms with Crippen molar-refractivity contribution in [2.75, 3.05) is 20.3 Å². The van der Waals surface area contributed by atoms with Crippen LogP contribution in [0.5, 0.6) is 0 Å². The first-order valence-corrected chi connectivity index (χ1v) is 12.6. The zero-order valence-corrected chi connectivity index (χ0v) is 19.5. The van der Waals surface area contributed by atoms with Gasteiger partial charge in [-0.3, -0.25) is 4.79 Å². The molecule has 1 aliphatic heterocycles. The molecule has 0 aliphatic carbocycles. The topological polar surface area (TPSA) is 103 Å². The standard InChI is InChI=1S/C19H37NO7Si/c1-18(2,3)28(7,8)27-13(9-14-12-25-19(4,5)26-14)10-16(22)20-15(11-21)17(23)24-6/h13-15,21H,9-12H2,1-8H3,(H,20,22)/t13-,14+,15+/m1/s1. The predicted octanol–water partition coefficient (Wildman–Crippen LogP) is 1.96. The number of ether oxygens (including phenoxy) is 3. The van der Waals surface area contributed by atoms with Crippen LogP contribution in [-0.2, 0) is 28.2 Å². The van der Waals surface area contributed by atoms with Crippen LogP contribution in [0.1, 0.15) is 47.5 Å². The number of amides is 1. The average molecular weight is 420 g/mol. The lowest BCUT2D eigenvalue weighted by Gasteiger charge is -2.39. The molecule has 1 aliphatic rings. The van der Waals surface area contributed by atoms with Gasteiger partial charge in [-0.05, 0) is 32.0 Å². The van der Waals surface area contributed by atoms with Crippen LogP contribution in [0.25, 0.3) is 0 Å². The van der Waals surface area contributed by atoms with Crippen molar-refractivity contribution in [1.82, 2.24) is 5.32 Å². The molecule has 1 heterocycles. The second-order valence-corrected chi connectivity index (χ2v) is 14.0. The molecule has 3 atom stereocenters. The highest BCUT2D eigenvalue weighted by Gasteiger charge is 2.41. The number of aliphatic hydroxyl groups excluding tert-OH is 1. The maximum atomic E-state index is 12.5. The van der Waals surface area contributed by atoms with Crippen molar-refractivity contribution in [1.29, 1.82) is 0 Å². The molecule has 2 N–H and O–H groups in total. The lowest BCUT2D eigenvalue weighted by atomic mass is 10.1. The van der Waals surface area contributed by atoms with E-state index in [-0.39, 0.29) is 29.6 Å². The normalized spacial score (nSPS) is 21.8. The van der Waals surface area contributed by atoms with Crippen molar-refractivity contribution in [3.05, 3.63) is 0 Å². The third-order valence-electron chi connectivity index (χ3n) is 5.28. The molecule has 0 spiro atoms. The van der Waals surface area contributed by atoms with Gasteiger partial charge in [0.25, 0.3) is 0 Å². The molecule has 9 heteroatoms. The first-order chi connectivity index (χ1) is 12.7. The zero-order chi connectivity index (χ0) is 21.8. The van der Waals surface area contributed by atoms with Gasteiger partial charge in [0.15, 0.2) is 20.1 Å². The molecule has 164 valence electrons. The highest BCUT2D eigenvalue weighted by Crippen LogP contribution is 2.38. The van der Waals surface area contributed by atoms with E-state index < -0.39 is 32.7 Å². The largest absolute Gasteiger partial charge is 0.467 e. The van der Waals surface area contributed by atoms with Crippen molar-refractivity contribution in [2.45, 2.75) is 89.6 Å². The molecular weight excluding hydrogens is 382 g/mol. The van der Waals surface area contributed by atoms with Crippen LogP contribution in [-0.4, -0.2) is 69.7 Å². The minimum Gasteiger partial charge on any atom is -0.467 e. The van der Waals surface area contributed by atoms with E-state index >= 15 is 0 Å². The number of esters is 1. The Morgan fingerprint density at radius 1 is 1.32 bits per heavy atom. The summed E-state index contributed by atoms with van der Waals surface area (Å²) in [5.41, 5.74) is 0. The van der Waals surface area contributed by atoms with Gasteiger partial charge in [0, 0.05) is 6.42 Å². The number of hydrogen-bond acceptors (Lipinski definition) is 7. The Hall–Kier alpha value is -1.00. The van der Waals surface area contributed by atoms with E-state index in [1.54, 1.807) is 0 Å². The number of methoxy groups -OCH3 is 1. The third kappa shape index (κ3) is 7.44. The quantitative estimate of drug-likeness (QED) is 0.435. The summed E-state index contributed by atoms with van der Waals surface area (Å²) in [4.78, 5) is 24.1. The summed E-state index contributed by atoms with van der Waals surface area (Å²) in [5, 5.41) is 11.8. The number of aliphatic hydroxyl groups is 1. The Labute approximate surface area is 169 Å². The third-order valence-corrected chi connectivity index (χ3v) is 9.81. The Bertz CT molecular complexity index is 545. The smallest absolute Gasteiger partial charge is 0.330 e. The van der Waals surface area contributed by atoms with Gasteiger partial charge in [-0.2, -0.15) is 0 Å². The highest BCUT2D eigenvalue weighted by molar-refractivity contribution is 6.74. The summed E-state index contributed by atoms with van der Waals surface area (Å²) in [6, 6.07) is -1.09. The second kappa shape index (κ2) is 9.66. The monoisotopic (exact) mass is 419 g/mol. The van der Waals surface area contributed by atoms with Crippen LogP contribution >= 0.6 is 0 Å². The lowest BCUT2D eigenvalue weighted by molar-refractivity contribution is -0.147. The van der Waals surface area contributed by atoms with E-state index in [1.807, 2.05) is 13.8 Å². The molecule has 0 aromatic carbocycles. The molecule has 0 unspecified atom stereocenters. The number of nitrogens with one attached hydrogen (secondary N) is 1. The molecule has 1 saturated heterocycles. The van der Waals surface area contributed by atoms with E-state index in [1.165, 1.54) is 7.11 Å². The second-order valence-electron chi connectivity index (χ2n) is 9.22. The number of hydrogen-bond donors (Lipinski definition) is 2. The molecule has 8 nitrogen and oxygen atoms in total. The van der Waals surface area contributed by atoms with E-state index in [9.17, 15) is 14.7 Å². The van der Waals surface area contributed by atoms with Crippen LogP contribution in [0.15, 0.2) is 0 Å². The molecule has 0 aromatic rings. The van der Waals surface area contributed by atoms with Gasteiger partial charge in [0.2, 0.25) is 5.91 Å². The number of carbonyl (C=O) groups excluding carboxylic acids is 2. The number of rotatable bonds is 9. The Balaban J connectivity index is 2.85. The molecule has 0 bridgehead atoms. The first kappa shape index (κ1) is 25.0. The summed E-state index contributed by atoms with van der Waals surface area (Å²) in [6.45, 7) is 14.3. The molecule has 1 rings (SSSR count). The fourth-order valence-electron chi connectivity index (χ4n) is 2.72. The summed E-state index contributed by atoms with van der Waals surface area (Å²) in [5.74, 6) is -1.72. The Morgan fingerprint density at radius 3 is 2.36 bits per heavy atom. The van der Waals surface area contributed by atoms with Crippen LogP contribution in [0.4, 0.5) is 0 Å². The SMILES string of the molecule is COC(=O)[C@H](CO)NC(=O)C[C@@H](C[C@H]1COC(C)(C)O1)O[Si](C)(C)C(C)(C)C. The van der Waals surface area contributed by atoms with E-state index in [0.717, 1.165) is 0 Å². The molecule has 1 fully saturated rings. The zero-order valence-electron chi connectivity index (χ0n) is 18.5. The molecule has 1 amide bonds. The van der Waals surface area contributed by atoms with Gasteiger partial charge in [0.1, 0.15) is 0 Å². The summed E-state index contributed by atoms with van der Waals surface area (Å²) in [7, 11) is -0.929. The number of carbonyl (C=O) groups is 2. The van der Waals surface area contributed by atoms with Crippen LogP contribution < -0.4 is 5.32 Å². The highest BCUT2D eigenvalue weighted by atomic mass is 28.4. The van der Waals surface area contributed by atoms with Crippen LogP contribution in [0, 0.1) is 0 Å². The van der Waals surface area contributed by atoms with Crippen molar-refractivity contribution >= 4 is 20.2 Å². The van der Waals surface area contributed by atoms with E-state index in [0.29, 0.717) is 13.0 Å². The fraction of sp³-hybridized carbons (Fsp3) is 0.895. The average Bonchev–Trinajstić information content (AvgIpc) is 2.88. The van der Waals surface area contributed by atoms with Crippen LogP contribution in [0.3, 0.4) is 0 Å². The molecular formula is C19H37NO7Si. The van der Waals surface area contributed by atoms with Gasteiger partial charge in [-0.25, -0.2) is 4.79 Å². The molecule has 0 radical (unpaired) electrons. The fourth-order valence-corrected chi connectivity index (χ4v) is 4.09. The van der Waals surface area contributed by atoms with Gasteiger partial charge in [-0.1, -0.05) is 20.8 Å². The first-order valence-electron chi connectivity index (χ1n) is 9.68. The maximum Gasteiger partial charge on any atom is 0.330 e. The van der Waals surface area contributed by atoms with Crippen molar-refractivity contribution in [3.63, 3.8) is 0 Å². The minimum absolute atomic E-state index is 0.0202. The Morgan fingerprint density at radius 2 is 1.93 bits per heavy atom. The van der Waals surface area contributed by atoms with Gasteiger partial charge in [-0.15, -0.1) is 0 Å². The lowest BCUT2D eigenvalue weighted by Crippen LogP contribution is -2.48.